The van der Waals surface area contributed by atoms with Gasteiger partial charge in [-0.05, 0) is 43.2 Å². The van der Waals surface area contributed by atoms with E-state index in [0.29, 0.717) is 18.4 Å². The predicted octanol–water partition coefficient (Wildman–Crippen LogP) is 3.92. The summed E-state index contributed by atoms with van der Waals surface area (Å²) in [6, 6.07) is 9.01. The first-order chi connectivity index (χ1) is 9.81. The van der Waals surface area contributed by atoms with E-state index in [1.807, 2.05) is 0 Å². The fourth-order valence-electron chi connectivity index (χ4n) is 3.98. The first-order valence-electron chi connectivity index (χ1n) is 7.98. The molecule has 1 aliphatic carbocycles. The van der Waals surface area contributed by atoms with Gasteiger partial charge in [0.25, 0.3) is 0 Å². The third-order valence-electron chi connectivity index (χ3n) is 4.96. The zero-order valence-electron chi connectivity index (χ0n) is 12.2. The monoisotopic (exact) mass is 270 g/mol. The molecule has 0 N–H and O–H groups in total. The molecular weight excluding hydrogens is 246 g/mol. The second-order valence-electron chi connectivity index (χ2n) is 6.13. The van der Waals surface area contributed by atoms with E-state index in [9.17, 15) is 4.79 Å². The van der Waals surface area contributed by atoms with Gasteiger partial charge in [0.05, 0.1) is 6.04 Å². The van der Waals surface area contributed by atoms with Crippen LogP contribution in [-0.4, -0.2) is 17.4 Å². The van der Waals surface area contributed by atoms with Crippen molar-refractivity contribution < 1.29 is 4.79 Å². The summed E-state index contributed by atoms with van der Waals surface area (Å²) in [5, 5.41) is 0. The van der Waals surface area contributed by atoms with Crippen molar-refractivity contribution in [2.75, 3.05) is 6.54 Å². The van der Waals surface area contributed by atoms with Gasteiger partial charge in [-0.15, -0.1) is 0 Å². The lowest BCUT2D eigenvalue weighted by atomic mass is 9.77. The summed E-state index contributed by atoms with van der Waals surface area (Å²) in [4.78, 5) is 14.4. The number of carbonyl (C=O) groups is 1. The van der Waals surface area contributed by atoms with E-state index >= 15 is 0 Å². The molecule has 1 atom stereocenters. The van der Waals surface area contributed by atoms with Gasteiger partial charge >= 0.3 is 0 Å². The molecule has 107 valence electrons. The van der Waals surface area contributed by atoms with Crippen molar-refractivity contribution in [2.24, 2.45) is 5.92 Å². The Morgan fingerprint density at radius 2 is 1.95 bits per heavy atom. The first-order valence-corrected chi connectivity index (χ1v) is 7.98. The van der Waals surface area contributed by atoms with E-state index in [0.717, 1.165) is 13.0 Å². The summed E-state index contributed by atoms with van der Waals surface area (Å²) in [5.41, 5.74) is 2.84. The summed E-state index contributed by atoms with van der Waals surface area (Å²) >= 11 is 0. The predicted molar refractivity (Wildman–Crippen MR) is 81.1 cm³/mol. The Bertz CT molecular complexity index is 476. The Kier molecular flexibility index (Phi) is 4.09. The van der Waals surface area contributed by atoms with Gasteiger partial charge in [0.1, 0.15) is 0 Å². The maximum Gasteiger partial charge on any atom is 0.223 e. The van der Waals surface area contributed by atoms with Crippen LogP contribution in [0.4, 0.5) is 0 Å². The highest BCUT2D eigenvalue weighted by Gasteiger charge is 2.35. The molecule has 1 amide bonds. The zero-order chi connectivity index (χ0) is 13.9. The van der Waals surface area contributed by atoms with E-state index in [1.54, 1.807) is 0 Å². The average Bonchev–Trinajstić information content (AvgIpc) is 2.53. The molecule has 1 saturated carbocycles. The molecule has 1 aromatic carbocycles. The molecule has 1 heterocycles. The smallest absolute Gasteiger partial charge is 0.223 e. The Morgan fingerprint density at radius 3 is 2.70 bits per heavy atom. The number of rotatable bonds is 2. The van der Waals surface area contributed by atoms with Crippen LogP contribution in [-0.2, 0) is 11.2 Å². The highest BCUT2D eigenvalue weighted by Crippen LogP contribution is 2.42. The molecule has 0 aromatic heterocycles. The molecule has 2 aliphatic rings. The number of hydrogen-bond acceptors (Lipinski definition) is 1. The summed E-state index contributed by atoms with van der Waals surface area (Å²) in [6.07, 6.45) is 7.88. The van der Waals surface area contributed by atoms with Gasteiger partial charge in [0, 0.05) is 13.0 Å². The molecule has 1 fully saturated rings. The van der Waals surface area contributed by atoms with E-state index in [2.05, 4.69) is 36.1 Å². The fraction of sp³-hybridized carbons (Fsp3) is 0.556. The average molecular weight is 270 g/mol. The topological polar surface area (TPSA) is 20.3 Å². The molecule has 0 bridgehead atoms. The fourth-order valence-corrected chi connectivity index (χ4v) is 3.98. The number of benzene rings is 1. The third kappa shape index (κ3) is 2.48. The maximum absolute atomic E-state index is 12.3. The largest absolute Gasteiger partial charge is 0.335 e. The Morgan fingerprint density at radius 1 is 1.20 bits per heavy atom. The SMILES string of the molecule is [CH2]CC(=O)N1CCc2ccccc2C1C1CCCCC1. The van der Waals surface area contributed by atoms with Crippen molar-refractivity contribution in [1.82, 2.24) is 4.90 Å². The van der Waals surface area contributed by atoms with Crippen LogP contribution in [0.5, 0.6) is 0 Å². The van der Waals surface area contributed by atoms with Crippen molar-refractivity contribution in [3.05, 3.63) is 42.3 Å². The summed E-state index contributed by atoms with van der Waals surface area (Å²) in [5.74, 6) is 0.857. The molecule has 3 rings (SSSR count). The number of nitrogens with zero attached hydrogens (tertiary/aromatic N) is 1. The first kappa shape index (κ1) is 13.7. The molecule has 1 unspecified atom stereocenters. The van der Waals surface area contributed by atoms with Gasteiger partial charge < -0.3 is 4.90 Å². The van der Waals surface area contributed by atoms with Gasteiger partial charge in [-0.3, -0.25) is 4.79 Å². The lowest BCUT2D eigenvalue weighted by molar-refractivity contribution is -0.135. The minimum atomic E-state index is 0.218. The van der Waals surface area contributed by atoms with E-state index in [-0.39, 0.29) is 5.91 Å². The summed E-state index contributed by atoms with van der Waals surface area (Å²) in [7, 11) is 0. The van der Waals surface area contributed by atoms with Gasteiger partial charge in [-0.25, -0.2) is 0 Å². The van der Waals surface area contributed by atoms with Crippen molar-refractivity contribution >= 4 is 5.91 Å². The van der Waals surface area contributed by atoms with Crippen molar-refractivity contribution in [1.29, 1.82) is 0 Å². The molecule has 2 nitrogen and oxygen atoms in total. The highest BCUT2D eigenvalue weighted by atomic mass is 16.2. The van der Waals surface area contributed by atoms with Gasteiger partial charge in [0.2, 0.25) is 5.91 Å². The van der Waals surface area contributed by atoms with Crippen LogP contribution in [0.3, 0.4) is 0 Å². The molecule has 1 aliphatic heterocycles. The molecule has 0 spiro atoms. The van der Waals surface area contributed by atoms with Crippen molar-refractivity contribution in [3.63, 3.8) is 0 Å². The lowest BCUT2D eigenvalue weighted by Crippen LogP contribution is -2.43. The lowest BCUT2D eigenvalue weighted by Gasteiger charge is -2.43. The Labute approximate surface area is 122 Å². The molecule has 20 heavy (non-hydrogen) atoms. The Hall–Kier alpha value is -1.31. The van der Waals surface area contributed by atoms with Crippen LogP contribution in [0.25, 0.3) is 0 Å². The van der Waals surface area contributed by atoms with Crippen LogP contribution in [0.2, 0.25) is 0 Å². The van der Waals surface area contributed by atoms with Crippen LogP contribution >= 0.6 is 0 Å². The highest BCUT2D eigenvalue weighted by molar-refractivity contribution is 5.77. The van der Waals surface area contributed by atoms with Crippen LogP contribution in [0.1, 0.15) is 55.7 Å². The van der Waals surface area contributed by atoms with Crippen LogP contribution in [0.15, 0.2) is 24.3 Å². The molecule has 1 aromatic rings. The molecular formula is C18H24NO. The molecule has 1 radical (unpaired) electrons. The summed E-state index contributed by atoms with van der Waals surface area (Å²) in [6.45, 7) is 4.67. The summed E-state index contributed by atoms with van der Waals surface area (Å²) < 4.78 is 0. The number of fused-ring (bicyclic) bond motifs is 1. The quantitative estimate of drug-likeness (QED) is 0.797. The van der Waals surface area contributed by atoms with Gasteiger partial charge in [-0.1, -0.05) is 43.5 Å². The second-order valence-corrected chi connectivity index (χ2v) is 6.13. The molecule has 2 heteroatoms. The standard InChI is InChI=1S/C18H24NO/c1-2-17(20)19-13-12-14-8-6-7-11-16(14)18(19)15-9-4-3-5-10-15/h6-8,11,15,18H,1-5,9-10,12-13H2. The van der Waals surface area contributed by atoms with E-state index in [1.165, 1.54) is 43.2 Å². The van der Waals surface area contributed by atoms with Crippen LogP contribution in [0, 0.1) is 12.8 Å². The van der Waals surface area contributed by atoms with E-state index < -0.39 is 0 Å². The Balaban J connectivity index is 1.95. The molecule has 0 saturated heterocycles. The number of hydrogen-bond donors (Lipinski definition) is 0. The van der Waals surface area contributed by atoms with Crippen LogP contribution < -0.4 is 0 Å². The number of amides is 1. The van der Waals surface area contributed by atoms with Crippen molar-refractivity contribution in [3.8, 4) is 0 Å². The maximum atomic E-state index is 12.3. The zero-order valence-corrected chi connectivity index (χ0v) is 12.2. The van der Waals surface area contributed by atoms with E-state index in [4.69, 9.17) is 0 Å². The minimum absolute atomic E-state index is 0.218. The third-order valence-corrected chi connectivity index (χ3v) is 4.96. The van der Waals surface area contributed by atoms with Gasteiger partial charge in [-0.2, -0.15) is 0 Å². The number of carbonyl (C=O) groups excluding carboxylic acids is 1. The van der Waals surface area contributed by atoms with Gasteiger partial charge in [0.15, 0.2) is 0 Å². The second kappa shape index (κ2) is 5.99. The normalized spacial score (nSPS) is 23.4. The van der Waals surface area contributed by atoms with Crippen molar-refractivity contribution in [2.45, 2.75) is 51.0 Å². The minimum Gasteiger partial charge on any atom is -0.335 e.